The molecule has 227 valence electrons. The number of hydrogen-bond acceptors (Lipinski definition) is 10. The number of carbonyl (C=O) groups excluding carboxylic acids is 1. The van der Waals surface area contributed by atoms with E-state index in [-0.39, 0.29) is 5.04 Å². The molecule has 1 atom stereocenters. The van der Waals surface area contributed by atoms with E-state index in [1.165, 1.54) is 7.41 Å². The highest BCUT2D eigenvalue weighted by Crippen LogP contribution is 2.46. The summed E-state index contributed by atoms with van der Waals surface area (Å²) in [7, 11) is 0.997. The van der Waals surface area contributed by atoms with Gasteiger partial charge in [-0.2, -0.15) is 10.5 Å². The molecule has 0 spiro atoms. The Kier molecular flexibility index (Phi) is 9.79. The summed E-state index contributed by atoms with van der Waals surface area (Å²) in [6, 6.07) is 15.1. The molecular formula is C32H38BN6O4Si. The van der Waals surface area contributed by atoms with E-state index in [1.54, 1.807) is 43.6 Å². The van der Waals surface area contributed by atoms with Crippen molar-refractivity contribution in [1.29, 1.82) is 10.5 Å². The Balaban J connectivity index is 1.73. The van der Waals surface area contributed by atoms with E-state index in [0.29, 0.717) is 66.3 Å². The van der Waals surface area contributed by atoms with Crippen LogP contribution in [0.1, 0.15) is 44.4 Å². The number of fused-ring (bicyclic) bond motifs is 1. The average Bonchev–Trinajstić information content (AvgIpc) is 3.27. The zero-order chi connectivity index (χ0) is 32.1. The van der Waals surface area contributed by atoms with Crippen molar-refractivity contribution in [3.63, 3.8) is 0 Å². The molecule has 44 heavy (non-hydrogen) atoms. The Morgan fingerprint density at radius 3 is 2.59 bits per heavy atom. The summed E-state index contributed by atoms with van der Waals surface area (Å²) in [6.07, 6.45) is 2.38. The molecule has 10 nitrogen and oxygen atoms in total. The first-order valence-electron chi connectivity index (χ1n) is 14.4. The molecule has 3 aromatic rings. The zero-order valence-electron chi connectivity index (χ0n) is 26.4. The van der Waals surface area contributed by atoms with E-state index in [9.17, 15) is 15.3 Å². The van der Waals surface area contributed by atoms with E-state index in [2.05, 4.69) is 63.2 Å². The number of nitrogens with one attached hydrogen (secondary N) is 1. The van der Waals surface area contributed by atoms with Gasteiger partial charge in [-0.3, -0.25) is 0 Å². The number of nitriles is 2. The molecule has 0 saturated heterocycles. The lowest BCUT2D eigenvalue weighted by Gasteiger charge is -2.39. The van der Waals surface area contributed by atoms with Gasteiger partial charge in [-0.25, -0.2) is 9.97 Å². The molecule has 2 heterocycles. The summed E-state index contributed by atoms with van der Waals surface area (Å²) < 4.78 is 17.6. The van der Waals surface area contributed by atoms with Crippen LogP contribution >= 0.6 is 0 Å². The SMILES string of the molecule is COCCOc1ccc(C#N)cc1Nc1nccc(-c2cc(C#N)c3c(c2)[C@@](C)(CO[Si](C)(C)C(C)(C)C)CN3[B]C=O)n1. The number of benzene rings is 2. The van der Waals surface area contributed by atoms with Gasteiger partial charge in [0.15, 0.2) is 8.32 Å². The number of methoxy groups -OCH3 is 1. The van der Waals surface area contributed by atoms with Gasteiger partial charge in [0.25, 0.3) is 0 Å². The first-order chi connectivity index (χ1) is 20.9. The summed E-state index contributed by atoms with van der Waals surface area (Å²) >= 11 is 0. The maximum Gasteiger partial charge on any atom is 0.329 e. The molecule has 1 aromatic heterocycles. The van der Waals surface area contributed by atoms with E-state index in [4.69, 9.17) is 18.9 Å². The lowest BCUT2D eigenvalue weighted by atomic mass is 9.83. The van der Waals surface area contributed by atoms with Crippen LogP contribution in [0.5, 0.6) is 5.75 Å². The highest BCUT2D eigenvalue weighted by Gasteiger charge is 2.44. The maximum absolute atomic E-state index is 11.6. The van der Waals surface area contributed by atoms with Crippen molar-refractivity contribution < 1.29 is 18.7 Å². The lowest BCUT2D eigenvalue weighted by molar-refractivity contribution is 0.146. The van der Waals surface area contributed by atoms with Gasteiger partial charge in [0.05, 0.1) is 35.2 Å². The standard InChI is InChI=1S/C32H38BN6O4Si/c1-31(2,3)44(6,7)43-20-32(4)19-39(33-21-40)29-24(18-35)15-23(16-25(29)32)26-10-11-36-30(37-26)38-27-14-22(17-34)8-9-28(27)42-13-12-41-5/h8-11,14-16,21H,12-13,19-20H2,1-7H3,(H,36,37,38)/t32-/m1/s1. The van der Waals surface area contributed by atoms with Crippen molar-refractivity contribution in [3.05, 3.63) is 59.3 Å². The summed E-state index contributed by atoms with van der Waals surface area (Å²) in [5.41, 5.74) is 3.93. The third kappa shape index (κ3) is 6.94. The predicted molar refractivity (Wildman–Crippen MR) is 174 cm³/mol. The number of ether oxygens (including phenoxy) is 2. The van der Waals surface area contributed by atoms with E-state index in [1.807, 2.05) is 10.9 Å². The molecule has 1 aliphatic heterocycles. The second kappa shape index (κ2) is 13.2. The number of aromatic nitrogens is 2. The highest BCUT2D eigenvalue weighted by atomic mass is 28.4. The highest BCUT2D eigenvalue weighted by molar-refractivity contribution is 6.74. The van der Waals surface area contributed by atoms with Crippen molar-refractivity contribution in [3.8, 4) is 29.1 Å². The van der Waals surface area contributed by atoms with Crippen molar-refractivity contribution in [1.82, 2.24) is 9.97 Å². The van der Waals surface area contributed by atoms with E-state index < -0.39 is 13.7 Å². The van der Waals surface area contributed by atoms with Crippen LogP contribution in [0, 0.1) is 22.7 Å². The molecule has 1 N–H and O–H groups in total. The zero-order valence-corrected chi connectivity index (χ0v) is 27.4. The summed E-state index contributed by atoms with van der Waals surface area (Å²) in [4.78, 5) is 22.6. The summed E-state index contributed by atoms with van der Waals surface area (Å²) in [5, 5.41) is 22.9. The van der Waals surface area contributed by atoms with Gasteiger partial charge < -0.3 is 28.8 Å². The number of nitrogens with zero attached hydrogens (tertiary/aromatic N) is 5. The molecule has 0 unspecified atom stereocenters. The van der Waals surface area contributed by atoms with Crippen LogP contribution in [0.25, 0.3) is 11.3 Å². The van der Waals surface area contributed by atoms with Crippen LogP contribution in [0.15, 0.2) is 42.6 Å². The van der Waals surface area contributed by atoms with Crippen molar-refractivity contribution in [2.24, 2.45) is 0 Å². The first-order valence-corrected chi connectivity index (χ1v) is 17.3. The second-order valence-electron chi connectivity index (χ2n) is 12.6. The molecule has 0 amide bonds. The number of rotatable bonds is 12. The Hall–Kier alpha value is -4.23. The number of hydrogen-bond donors (Lipinski definition) is 1. The van der Waals surface area contributed by atoms with Gasteiger partial charge in [-0.05, 0) is 60.1 Å². The molecule has 4 rings (SSSR count). The monoisotopic (exact) mass is 609 g/mol. The predicted octanol–water partition coefficient (Wildman–Crippen LogP) is 5.56. The summed E-state index contributed by atoms with van der Waals surface area (Å²) in [6.45, 7) is 14.9. The van der Waals surface area contributed by atoms with Crippen LogP contribution in [0.2, 0.25) is 18.1 Å². The Morgan fingerprint density at radius 1 is 1.16 bits per heavy atom. The van der Waals surface area contributed by atoms with Crippen molar-refractivity contribution >= 4 is 39.2 Å². The quantitative estimate of drug-likeness (QED) is 0.158. The molecule has 0 bridgehead atoms. The van der Waals surface area contributed by atoms with Gasteiger partial charge in [0, 0.05) is 43.1 Å². The second-order valence-corrected chi connectivity index (χ2v) is 17.4. The van der Waals surface area contributed by atoms with Crippen LogP contribution in [-0.2, 0) is 19.4 Å². The lowest BCUT2D eigenvalue weighted by Crippen LogP contribution is -2.46. The van der Waals surface area contributed by atoms with Crippen LogP contribution in [-0.4, -0.2) is 65.4 Å². The van der Waals surface area contributed by atoms with Gasteiger partial charge >= 0.3 is 7.41 Å². The smallest absolute Gasteiger partial charge is 0.329 e. The Morgan fingerprint density at radius 2 is 1.93 bits per heavy atom. The normalized spacial score (nSPS) is 16.1. The molecule has 0 aliphatic carbocycles. The molecule has 1 aliphatic rings. The molecule has 2 aromatic carbocycles. The molecule has 0 fully saturated rings. The van der Waals surface area contributed by atoms with Gasteiger partial charge in [-0.15, -0.1) is 0 Å². The largest absolute Gasteiger partial charge is 0.489 e. The molecular weight excluding hydrogens is 571 g/mol. The fraction of sp³-hybridized carbons (Fsp3) is 0.406. The molecule has 1 radical (unpaired) electrons. The van der Waals surface area contributed by atoms with E-state index >= 15 is 0 Å². The van der Waals surface area contributed by atoms with Gasteiger partial charge in [0.1, 0.15) is 24.6 Å². The number of carbonyl (C=O) groups is 1. The topological polar surface area (TPSA) is 133 Å². The van der Waals surface area contributed by atoms with Crippen LogP contribution in [0.4, 0.5) is 17.3 Å². The van der Waals surface area contributed by atoms with Gasteiger partial charge in [-0.1, -0.05) is 27.7 Å². The Labute approximate surface area is 261 Å². The van der Waals surface area contributed by atoms with Gasteiger partial charge in [0.2, 0.25) is 5.95 Å². The summed E-state index contributed by atoms with van der Waals surface area (Å²) in [5.74, 6) is 0.830. The fourth-order valence-electron chi connectivity index (χ4n) is 4.82. The number of anilines is 3. The fourth-order valence-corrected chi connectivity index (χ4v) is 5.93. The van der Waals surface area contributed by atoms with Crippen LogP contribution < -0.4 is 14.9 Å². The Bertz CT molecular complexity index is 1610. The van der Waals surface area contributed by atoms with Crippen LogP contribution in [0.3, 0.4) is 0 Å². The van der Waals surface area contributed by atoms with Crippen molar-refractivity contribution in [2.45, 2.75) is 51.2 Å². The van der Waals surface area contributed by atoms with E-state index in [0.717, 1.165) is 17.3 Å². The minimum atomic E-state index is -2.08. The third-order valence-electron chi connectivity index (χ3n) is 8.34. The third-order valence-corrected chi connectivity index (χ3v) is 12.8. The average molecular weight is 610 g/mol. The minimum absolute atomic E-state index is 0.0326. The maximum atomic E-state index is 11.6. The molecule has 12 heteroatoms. The minimum Gasteiger partial charge on any atom is -0.489 e. The first kappa shape index (κ1) is 32.7. The molecule has 0 saturated carbocycles. The van der Waals surface area contributed by atoms with Crippen molar-refractivity contribution in [2.75, 3.05) is 43.6 Å².